The molecule has 1 aliphatic carbocycles. The van der Waals surface area contributed by atoms with Gasteiger partial charge in [-0.2, -0.15) is 0 Å². The number of benzene rings is 1. The average Bonchev–Trinajstić information content (AvgIpc) is 2.33. The molecule has 3 heteroatoms. The average molecular weight is 284 g/mol. The highest BCUT2D eigenvalue weighted by atomic mass is 35.5. The molecule has 1 aliphatic rings. The number of thioether (sulfide) groups is 1. The van der Waals surface area contributed by atoms with Crippen molar-refractivity contribution in [2.24, 2.45) is 5.92 Å². The van der Waals surface area contributed by atoms with Gasteiger partial charge in [-0.3, -0.25) is 0 Å². The Kier molecular flexibility index (Phi) is 5.40. The molecule has 1 saturated carbocycles. The van der Waals surface area contributed by atoms with Gasteiger partial charge in [0.1, 0.15) is 0 Å². The Hall–Kier alpha value is -0.180. The smallest absolute Gasteiger partial charge is 0.0462 e. The van der Waals surface area contributed by atoms with Crippen molar-refractivity contribution in [3.05, 3.63) is 28.8 Å². The maximum absolute atomic E-state index is 6.30. The summed E-state index contributed by atoms with van der Waals surface area (Å²) in [6.45, 7) is 3.21. The fraction of sp³-hybridized carbons (Fsp3) is 0.600. The molecule has 100 valence electrons. The summed E-state index contributed by atoms with van der Waals surface area (Å²) in [6, 6.07) is 6.48. The maximum Gasteiger partial charge on any atom is 0.0462 e. The molecule has 2 rings (SSSR count). The monoisotopic (exact) mass is 283 g/mol. The lowest BCUT2D eigenvalue weighted by molar-refractivity contribution is 0.394. The molecular weight excluding hydrogens is 262 g/mol. The van der Waals surface area contributed by atoms with Crippen molar-refractivity contribution in [2.45, 2.75) is 49.3 Å². The van der Waals surface area contributed by atoms with Gasteiger partial charge < -0.3 is 5.32 Å². The van der Waals surface area contributed by atoms with Gasteiger partial charge in [0, 0.05) is 21.7 Å². The standard InChI is InChI=1S/C15H22ClNS/c1-11-4-3-5-13(8-11)18-14-7-6-12(10-17-2)15(16)9-14/h6-7,9,11,13,17H,3-5,8,10H2,1-2H3. The van der Waals surface area contributed by atoms with E-state index < -0.39 is 0 Å². The molecule has 2 atom stereocenters. The minimum atomic E-state index is 0.778. The third-order valence-corrected chi connectivity index (χ3v) is 5.22. The molecule has 1 fully saturated rings. The topological polar surface area (TPSA) is 12.0 Å². The summed E-state index contributed by atoms with van der Waals surface area (Å²) >= 11 is 8.31. The molecule has 0 bridgehead atoms. The largest absolute Gasteiger partial charge is 0.316 e. The first-order valence-electron chi connectivity index (χ1n) is 6.78. The fourth-order valence-electron chi connectivity index (χ4n) is 2.61. The van der Waals surface area contributed by atoms with Crippen molar-refractivity contribution in [3.8, 4) is 0 Å². The van der Waals surface area contributed by atoms with Crippen molar-refractivity contribution < 1.29 is 0 Å². The van der Waals surface area contributed by atoms with Crippen LogP contribution in [0.4, 0.5) is 0 Å². The van der Waals surface area contributed by atoms with E-state index in [1.54, 1.807) is 0 Å². The van der Waals surface area contributed by atoms with E-state index in [1.807, 2.05) is 18.8 Å². The van der Waals surface area contributed by atoms with Gasteiger partial charge in [0.15, 0.2) is 0 Å². The van der Waals surface area contributed by atoms with Crippen molar-refractivity contribution >= 4 is 23.4 Å². The molecule has 1 nitrogen and oxygen atoms in total. The molecule has 1 N–H and O–H groups in total. The summed E-state index contributed by atoms with van der Waals surface area (Å²) in [7, 11) is 1.95. The predicted molar refractivity (Wildman–Crippen MR) is 81.5 cm³/mol. The van der Waals surface area contributed by atoms with Crippen molar-refractivity contribution in [1.82, 2.24) is 5.32 Å². The zero-order chi connectivity index (χ0) is 13.0. The van der Waals surface area contributed by atoms with Gasteiger partial charge in [-0.1, -0.05) is 37.4 Å². The normalized spacial score (nSPS) is 24.2. The van der Waals surface area contributed by atoms with Gasteiger partial charge in [0.2, 0.25) is 0 Å². The summed E-state index contributed by atoms with van der Waals surface area (Å²) in [5.74, 6) is 0.885. The summed E-state index contributed by atoms with van der Waals surface area (Å²) in [6.07, 6.45) is 5.48. The summed E-state index contributed by atoms with van der Waals surface area (Å²) < 4.78 is 0. The first kappa shape index (κ1) is 14.2. The van der Waals surface area contributed by atoms with Crippen LogP contribution in [0.2, 0.25) is 5.02 Å². The highest BCUT2D eigenvalue weighted by Gasteiger charge is 2.19. The van der Waals surface area contributed by atoms with Gasteiger partial charge in [0.05, 0.1) is 0 Å². The zero-order valence-corrected chi connectivity index (χ0v) is 12.8. The van der Waals surface area contributed by atoms with E-state index in [9.17, 15) is 0 Å². The summed E-state index contributed by atoms with van der Waals surface area (Å²) in [4.78, 5) is 1.32. The Bertz CT molecular complexity index is 394. The SMILES string of the molecule is CNCc1ccc(SC2CCCC(C)C2)cc1Cl. The second-order valence-electron chi connectivity index (χ2n) is 5.30. The van der Waals surface area contributed by atoms with E-state index in [-0.39, 0.29) is 0 Å². The Balaban J connectivity index is 1.99. The highest BCUT2D eigenvalue weighted by molar-refractivity contribution is 8.00. The van der Waals surface area contributed by atoms with E-state index >= 15 is 0 Å². The Morgan fingerprint density at radius 3 is 2.89 bits per heavy atom. The molecule has 1 aromatic carbocycles. The minimum absolute atomic E-state index is 0.778. The van der Waals surface area contributed by atoms with E-state index in [2.05, 4.69) is 30.4 Å². The molecular formula is C15H22ClNS. The second kappa shape index (κ2) is 6.83. The molecule has 0 amide bonds. The first-order valence-corrected chi connectivity index (χ1v) is 8.04. The molecule has 0 aromatic heterocycles. The number of hydrogen-bond donors (Lipinski definition) is 1. The van der Waals surface area contributed by atoms with Gasteiger partial charge in [0.25, 0.3) is 0 Å². The molecule has 0 radical (unpaired) electrons. The quantitative estimate of drug-likeness (QED) is 0.857. The Labute approximate surface area is 120 Å². The molecule has 0 spiro atoms. The molecule has 18 heavy (non-hydrogen) atoms. The Morgan fingerprint density at radius 2 is 2.22 bits per heavy atom. The van der Waals surface area contributed by atoms with Crippen LogP contribution >= 0.6 is 23.4 Å². The third kappa shape index (κ3) is 3.91. The number of halogens is 1. The number of hydrogen-bond acceptors (Lipinski definition) is 2. The van der Waals surface area contributed by atoms with Gasteiger partial charge in [-0.05, 0) is 43.5 Å². The molecule has 0 heterocycles. The summed E-state index contributed by atoms with van der Waals surface area (Å²) in [5, 5.41) is 4.81. The second-order valence-corrected chi connectivity index (χ2v) is 7.08. The molecule has 0 saturated heterocycles. The third-order valence-electron chi connectivity index (χ3n) is 3.58. The lowest BCUT2D eigenvalue weighted by Gasteiger charge is -2.26. The van der Waals surface area contributed by atoms with Crippen LogP contribution in [0.15, 0.2) is 23.1 Å². The lowest BCUT2D eigenvalue weighted by atomic mass is 9.91. The molecule has 2 unspecified atom stereocenters. The van der Waals surface area contributed by atoms with Crippen LogP contribution in [0, 0.1) is 5.92 Å². The van der Waals surface area contributed by atoms with Gasteiger partial charge in [-0.25, -0.2) is 0 Å². The van der Waals surface area contributed by atoms with Crippen LogP contribution in [0.3, 0.4) is 0 Å². The first-order chi connectivity index (χ1) is 8.69. The van der Waals surface area contributed by atoms with E-state index in [1.165, 1.54) is 36.1 Å². The number of rotatable bonds is 4. The van der Waals surface area contributed by atoms with Crippen LogP contribution in [0.25, 0.3) is 0 Å². The van der Waals surface area contributed by atoms with Crippen LogP contribution < -0.4 is 5.32 Å². The van der Waals surface area contributed by atoms with Crippen LogP contribution in [0.5, 0.6) is 0 Å². The van der Waals surface area contributed by atoms with Crippen molar-refractivity contribution in [1.29, 1.82) is 0 Å². The van der Waals surface area contributed by atoms with Crippen molar-refractivity contribution in [2.75, 3.05) is 7.05 Å². The Morgan fingerprint density at radius 1 is 1.39 bits per heavy atom. The van der Waals surface area contributed by atoms with Crippen LogP contribution in [0.1, 0.15) is 38.2 Å². The maximum atomic E-state index is 6.30. The van der Waals surface area contributed by atoms with E-state index in [0.717, 1.165) is 22.7 Å². The van der Waals surface area contributed by atoms with Gasteiger partial charge >= 0.3 is 0 Å². The molecule has 0 aliphatic heterocycles. The van der Waals surface area contributed by atoms with Crippen LogP contribution in [-0.2, 0) is 6.54 Å². The zero-order valence-electron chi connectivity index (χ0n) is 11.2. The summed E-state index contributed by atoms with van der Waals surface area (Å²) in [5.41, 5.74) is 1.18. The van der Waals surface area contributed by atoms with Crippen molar-refractivity contribution in [3.63, 3.8) is 0 Å². The van der Waals surface area contributed by atoms with Crippen LogP contribution in [-0.4, -0.2) is 12.3 Å². The molecule has 1 aromatic rings. The van der Waals surface area contributed by atoms with E-state index in [0.29, 0.717) is 0 Å². The van der Waals surface area contributed by atoms with Gasteiger partial charge in [-0.15, -0.1) is 11.8 Å². The fourth-order valence-corrected chi connectivity index (χ4v) is 4.35. The predicted octanol–water partition coefficient (Wildman–Crippen LogP) is 4.73. The highest BCUT2D eigenvalue weighted by Crippen LogP contribution is 2.37. The van der Waals surface area contributed by atoms with E-state index in [4.69, 9.17) is 11.6 Å². The number of nitrogens with one attached hydrogen (secondary N) is 1. The lowest BCUT2D eigenvalue weighted by Crippen LogP contribution is -2.14. The minimum Gasteiger partial charge on any atom is -0.316 e.